The fourth-order valence-electron chi connectivity index (χ4n) is 2.83. The quantitative estimate of drug-likeness (QED) is 0.711. The van der Waals surface area contributed by atoms with Crippen LogP contribution in [0.15, 0.2) is 48.5 Å². The van der Waals surface area contributed by atoms with Crippen LogP contribution in [0.1, 0.15) is 17.3 Å². The van der Waals surface area contributed by atoms with Crippen LogP contribution in [0, 0.1) is 0 Å². The molecule has 2 amide bonds. The van der Waals surface area contributed by atoms with E-state index in [1.165, 1.54) is 0 Å². The van der Waals surface area contributed by atoms with E-state index < -0.39 is 6.04 Å². The lowest BCUT2D eigenvalue weighted by molar-refractivity contribution is -0.123. The van der Waals surface area contributed by atoms with E-state index in [1.807, 2.05) is 6.92 Å². The minimum absolute atomic E-state index is 0. The Morgan fingerprint density at radius 2 is 1.64 bits per heavy atom. The summed E-state index contributed by atoms with van der Waals surface area (Å²) in [4.78, 5) is 24.7. The predicted molar refractivity (Wildman–Crippen MR) is 110 cm³/mol. The largest absolute Gasteiger partial charge is 0.497 e. The molecule has 0 bridgehead atoms. The number of hydrogen-bond donors (Lipinski definition) is 3. The number of nitrogens with one attached hydrogen (secondary N) is 3. The van der Waals surface area contributed by atoms with Crippen molar-refractivity contribution < 1.29 is 19.1 Å². The molecule has 2 aromatic rings. The number of methoxy groups -OCH3 is 1. The van der Waals surface area contributed by atoms with Crippen molar-refractivity contribution in [2.24, 2.45) is 0 Å². The van der Waals surface area contributed by atoms with E-state index in [-0.39, 0.29) is 30.3 Å². The Morgan fingerprint density at radius 3 is 2.25 bits per heavy atom. The van der Waals surface area contributed by atoms with Crippen molar-refractivity contribution in [3.05, 3.63) is 54.1 Å². The monoisotopic (exact) mass is 405 g/mol. The Morgan fingerprint density at radius 1 is 1.04 bits per heavy atom. The van der Waals surface area contributed by atoms with E-state index in [9.17, 15) is 9.59 Å². The normalized spacial score (nSPS) is 18.5. The van der Waals surface area contributed by atoms with Gasteiger partial charge in [-0.3, -0.25) is 9.59 Å². The van der Waals surface area contributed by atoms with Gasteiger partial charge in [0.25, 0.3) is 5.91 Å². The average molecular weight is 406 g/mol. The second kappa shape index (κ2) is 10.1. The van der Waals surface area contributed by atoms with Gasteiger partial charge in [0.15, 0.2) is 0 Å². The van der Waals surface area contributed by atoms with Crippen LogP contribution in [-0.2, 0) is 9.53 Å². The molecule has 0 saturated carbocycles. The summed E-state index contributed by atoms with van der Waals surface area (Å²) in [6.45, 7) is 3.11. The number of hydrogen-bond acceptors (Lipinski definition) is 5. The molecule has 0 aliphatic carbocycles. The van der Waals surface area contributed by atoms with Crippen molar-refractivity contribution in [2.75, 3.05) is 30.9 Å². The van der Waals surface area contributed by atoms with E-state index in [2.05, 4.69) is 16.0 Å². The Bertz CT molecular complexity index is 796. The maximum absolute atomic E-state index is 12.3. The number of rotatable bonds is 5. The smallest absolute Gasteiger partial charge is 0.255 e. The van der Waals surface area contributed by atoms with Crippen LogP contribution in [0.2, 0.25) is 0 Å². The summed E-state index contributed by atoms with van der Waals surface area (Å²) in [5.74, 6) is 0.340. The highest BCUT2D eigenvalue weighted by Gasteiger charge is 2.28. The molecule has 3 N–H and O–H groups in total. The highest BCUT2D eigenvalue weighted by atomic mass is 35.5. The van der Waals surface area contributed by atoms with Crippen molar-refractivity contribution in [3.63, 3.8) is 0 Å². The van der Waals surface area contributed by atoms with Gasteiger partial charge in [0, 0.05) is 23.5 Å². The first-order chi connectivity index (χ1) is 13.1. The minimum atomic E-state index is -0.392. The first-order valence-corrected chi connectivity index (χ1v) is 8.78. The van der Waals surface area contributed by atoms with Crippen molar-refractivity contribution in [2.45, 2.75) is 19.1 Å². The van der Waals surface area contributed by atoms with Crippen molar-refractivity contribution >= 4 is 35.6 Å². The molecule has 7 nitrogen and oxygen atoms in total. The molecule has 8 heteroatoms. The zero-order valence-corrected chi connectivity index (χ0v) is 16.5. The Balaban J connectivity index is 0.00000280. The van der Waals surface area contributed by atoms with Gasteiger partial charge in [-0.2, -0.15) is 0 Å². The molecular weight excluding hydrogens is 382 g/mol. The summed E-state index contributed by atoms with van der Waals surface area (Å²) < 4.78 is 10.6. The molecule has 2 atom stereocenters. The Hall–Kier alpha value is -2.61. The molecule has 0 spiro atoms. The second-order valence-electron chi connectivity index (χ2n) is 6.26. The number of carbonyl (C=O) groups excluding carboxylic acids is 2. The van der Waals surface area contributed by atoms with Gasteiger partial charge in [0.1, 0.15) is 11.8 Å². The standard InChI is InChI=1S/C20H23N3O4.ClH/c1-13-18(21-11-12-27-13)20(25)23-15-5-3-14(4-6-15)19(24)22-16-7-9-17(26-2)10-8-16;/h3-10,13,18,21H,11-12H2,1-2H3,(H,22,24)(H,23,25);1H/t13-,18+;/m1./s1. The number of anilines is 2. The molecule has 1 aliphatic heterocycles. The SMILES string of the molecule is COc1ccc(NC(=O)c2ccc(NC(=O)[C@H]3NCCO[C@@H]3C)cc2)cc1.Cl. The molecule has 150 valence electrons. The minimum Gasteiger partial charge on any atom is -0.497 e. The summed E-state index contributed by atoms with van der Waals surface area (Å²) in [5.41, 5.74) is 1.80. The van der Waals surface area contributed by atoms with Crippen molar-refractivity contribution in [3.8, 4) is 5.75 Å². The molecule has 1 aliphatic rings. The molecule has 0 aromatic heterocycles. The van der Waals surface area contributed by atoms with E-state index in [4.69, 9.17) is 9.47 Å². The third-order valence-corrected chi connectivity index (χ3v) is 4.36. The van der Waals surface area contributed by atoms with Crippen LogP contribution in [-0.4, -0.2) is 44.2 Å². The maximum atomic E-state index is 12.3. The molecule has 1 fully saturated rings. The van der Waals surface area contributed by atoms with Crippen LogP contribution in [0.5, 0.6) is 5.75 Å². The fraction of sp³-hybridized carbons (Fsp3) is 0.300. The van der Waals surface area contributed by atoms with E-state index in [1.54, 1.807) is 55.6 Å². The predicted octanol–water partition coefficient (Wildman–Crippen LogP) is 2.68. The van der Waals surface area contributed by atoms with E-state index in [0.717, 1.165) is 5.75 Å². The lowest BCUT2D eigenvalue weighted by Crippen LogP contribution is -2.53. The first-order valence-electron chi connectivity index (χ1n) is 8.78. The molecule has 0 unspecified atom stereocenters. The molecule has 28 heavy (non-hydrogen) atoms. The molecular formula is C20H24ClN3O4. The number of amides is 2. The number of halogens is 1. The second-order valence-corrected chi connectivity index (χ2v) is 6.26. The van der Waals surface area contributed by atoms with Gasteiger partial charge < -0.3 is 25.4 Å². The average Bonchev–Trinajstić information content (AvgIpc) is 2.69. The molecule has 1 heterocycles. The van der Waals surface area contributed by atoms with E-state index in [0.29, 0.717) is 30.1 Å². The summed E-state index contributed by atoms with van der Waals surface area (Å²) in [7, 11) is 1.59. The van der Waals surface area contributed by atoms with Crippen LogP contribution in [0.25, 0.3) is 0 Å². The van der Waals surface area contributed by atoms with Gasteiger partial charge in [-0.25, -0.2) is 0 Å². The van der Waals surface area contributed by atoms with Gasteiger partial charge in [0.2, 0.25) is 5.91 Å². The third-order valence-electron chi connectivity index (χ3n) is 4.36. The van der Waals surface area contributed by atoms with Crippen molar-refractivity contribution in [1.82, 2.24) is 5.32 Å². The summed E-state index contributed by atoms with van der Waals surface area (Å²) in [5, 5.41) is 8.81. The lowest BCUT2D eigenvalue weighted by Gasteiger charge is -2.29. The van der Waals surface area contributed by atoms with Gasteiger partial charge in [-0.1, -0.05) is 0 Å². The molecule has 2 aromatic carbocycles. The van der Waals surface area contributed by atoms with Gasteiger partial charge >= 0.3 is 0 Å². The number of benzene rings is 2. The molecule has 0 radical (unpaired) electrons. The number of ether oxygens (including phenoxy) is 2. The third kappa shape index (κ3) is 5.45. The van der Waals surface area contributed by atoms with Crippen molar-refractivity contribution in [1.29, 1.82) is 0 Å². The highest BCUT2D eigenvalue weighted by Crippen LogP contribution is 2.17. The summed E-state index contributed by atoms with van der Waals surface area (Å²) in [6.07, 6.45) is -0.187. The van der Waals surface area contributed by atoms with Crippen LogP contribution >= 0.6 is 12.4 Å². The van der Waals surface area contributed by atoms with Gasteiger partial charge in [-0.05, 0) is 55.5 Å². The van der Waals surface area contributed by atoms with Gasteiger partial charge in [-0.15, -0.1) is 12.4 Å². The van der Waals surface area contributed by atoms with Crippen LogP contribution < -0.4 is 20.7 Å². The van der Waals surface area contributed by atoms with Crippen LogP contribution in [0.4, 0.5) is 11.4 Å². The summed E-state index contributed by atoms with van der Waals surface area (Å²) in [6, 6.07) is 13.4. The summed E-state index contributed by atoms with van der Waals surface area (Å²) >= 11 is 0. The molecule has 1 saturated heterocycles. The Labute approximate surface area is 170 Å². The number of morpholine rings is 1. The number of carbonyl (C=O) groups is 2. The first kappa shape index (κ1) is 21.7. The lowest BCUT2D eigenvalue weighted by atomic mass is 10.1. The molecule has 3 rings (SSSR count). The highest BCUT2D eigenvalue weighted by molar-refractivity contribution is 6.04. The Kier molecular flexibility index (Phi) is 7.80. The van der Waals surface area contributed by atoms with Crippen LogP contribution in [0.3, 0.4) is 0 Å². The maximum Gasteiger partial charge on any atom is 0.255 e. The van der Waals surface area contributed by atoms with E-state index >= 15 is 0 Å². The zero-order valence-electron chi connectivity index (χ0n) is 15.7. The topological polar surface area (TPSA) is 88.7 Å². The fourth-order valence-corrected chi connectivity index (χ4v) is 2.83. The van der Waals surface area contributed by atoms with Gasteiger partial charge in [0.05, 0.1) is 19.8 Å². The zero-order chi connectivity index (χ0) is 19.2.